The smallest absolute Gasteiger partial charge is 0.0431 e. The molecule has 2 nitrogen and oxygen atoms in total. The van der Waals surface area contributed by atoms with Crippen LogP contribution in [0.15, 0.2) is 6.07 Å². The Labute approximate surface area is 117 Å². The molecule has 0 aliphatic carbocycles. The Bertz CT molecular complexity index is 465. The van der Waals surface area contributed by atoms with Crippen molar-refractivity contribution in [1.29, 1.82) is 0 Å². The second kappa shape index (κ2) is 5.54. The molecule has 2 heterocycles. The van der Waals surface area contributed by atoms with Gasteiger partial charge in [0.2, 0.25) is 0 Å². The fraction of sp³-hybridized carbons (Fsp3) is 0.647. The van der Waals surface area contributed by atoms with Crippen molar-refractivity contribution in [3.05, 3.63) is 28.3 Å². The molecule has 0 unspecified atom stereocenters. The number of benzene rings is 1. The molecule has 1 aromatic carbocycles. The van der Waals surface area contributed by atoms with Gasteiger partial charge >= 0.3 is 0 Å². The lowest BCUT2D eigenvalue weighted by atomic mass is 9.89. The summed E-state index contributed by atoms with van der Waals surface area (Å²) < 4.78 is 0. The Morgan fingerprint density at radius 2 is 2.00 bits per heavy atom. The van der Waals surface area contributed by atoms with Crippen LogP contribution < -0.4 is 10.2 Å². The third kappa shape index (κ3) is 2.38. The molecule has 19 heavy (non-hydrogen) atoms. The average Bonchev–Trinajstić information content (AvgIpc) is 2.65. The van der Waals surface area contributed by atoms with Crippen molar-refractivity contribution in [2.45, 2.75) is 46.0 Å². The van der Waals surface area contributed by atoms with Gasteiger partial charge in [-0.3, -0.25) is 0 Å². The number of hydrogen-bond donors (Lipinski definition) is 1. The maximum absolute atomic E-state index is 3.53. The maximum Gasteiger partial charge on any atom is 0.0431 e. The van der Waals surface area contributed by atoms with Gasteiger partial charge in [0.25, 0.3) is 0 Å². The topological polar surface area (TPSA) is 15.3 Å². The van der Waals surface area contributed by atoms with E-state index < -0.39 is 0 Å². The molecular formula is C17H26N2. The monoisotopic (exact) mass is 258 g/mol. The van der Waals surface area contributed by atoms with Gasteiger partial charge in [0.15, 0.2) is 0 Å². The van der Waals surface area contributed by atoms with Gasteiger partial charge in [-0.25, -0.2) is 0 Å². The predicted molar refractivity (Wildman–Crippen MR) is 82.3 cm³/mol. The number of hydrogen-bond acceptors (Lipinski definition) is 2. The fourth-order valence-electron chi connectivity index (χ4n) is 3.82. The van der Waals surface area contributed by atoms with Crippen molar-refractivity contribution in [3.8, 4) is 0 Å². The molecule has 0 aromatic heterocycles. The highest BCUT2D eigenvalue weighted by molar-refractivity contribution is 5.65. The van der Waals surface area contributed by atoms with Gasteiger partial charge in [-0.2, -0.15) is 0 Å². The van der Waals surface area contributed by atoms with Crippen molar-refractivity contribution in [1.82, 2.24) is 5.32 Å². The van der Waals surface area contributed by atoms with Crippen molar-refractivity contribution in [2.75, 3.05) is 31.1 Å². The molecule has 3 rings (SSSR count). The minimum absolute atomic E-state index is 1.14. The van der Waals surface area contributed by atoms with Gasteiger partial charge in [-0.1, -0.05) is 13.0 Å². The van der Waals surface area contributed by atoms with E-state index in [1.165, 1.54) is 45.2 Å². The van der Waals surface area contributed by atoms with Gasteiger partial charge in [0.05, 0.1) is 0 Å². The second-order valence-electron chi connectivity index (χ2n) is 5.99. The molecule has 0 radical (unpaired) electrons. The Morgan fingerprint density at radius 1 is 1.16 bits per heavy atom. The lowest BCUT2D eigenvalue weighted by molar-refractivity contribution is 0.676. The van der Waals surface area contributed by atoms with Gasteiger partial charge in [0, 0.05) is 18.8 Å². The third-order valence-corrected chi connectivity index (χ3v) is 4.65. The quantitative estimate of drug-likeness (QED) is 0.877. The number of fused-ring (bicyclic) bond motifs is 2. The first-order chi connectivity index (χ1) is 9.31. The van der Waals surface area contributed by atoms with Crippen LogP contribution in [-0.4, -0.2) is 26.2 Å². The van der Waals surface area contributed by atoms with Crippen LogP contribution in [0.2, 0.25) is 0 Å². The standard InChI is InChI=1S/C17H26N2/c1-3-10-19-11-4-5-15-12-14-6-8-18-9-7-16(14)13(2)17(15)19/h12,18H,3-11H2,1-2H3. The molecule has 1 aromatic rings. The van der Waals surface area contributed by atoms with Crippen LogP contribution >= 0.6 is 0 Å². The van der Waals surface area contributed by atoms with Crippen LogP contribution in [0.25, 0.3) is 0 Å². The van der Waals surface area contributed by atoms with Gasteiger partial charge in [-0.15, -0.1) is 0 Å². The number of nitrogens with zero attached hydrogens (tertiary/aromatic N) is 1. The molecule has 0 amide bonds. The molecule has 0 bridgehead atoms. The van der Waals surface area contributed by atoms with E-state index in [-0.39, 0.29) is 0 Å². The van der Waals surface area contributed by atoms with Gasteiger partial charge in [-0.05, 0) is 74.4 Å². The van der Waals surface area contributed by atoms with E-state index in [2.05, 4.69) is 30.1 Å². The highest BCUT2D eigenvalue weighted by Gasteiger charge is 2.22. The van der Waals surface area contributed by atoms with Crippen LogP contribution in [0.4, 0.5) is 5.69 Å². The van der Waals surface area contributed by atoms with E-state index in [9.17, 15) is 0 Å². The molecule has 2 aliphatic rings. The first-order valence-corrected chi connectivity index (χ1v) is 7.91. The number of aryl methyl sites for hydroxylation is 1. The van der Waals surface area contributed by atoms with Crippen LogP contribution in [0.3, 0.4) is 0 Å². The largest absolute Gasteiger partial charge is 0.371 e. The molecule has 0 fully saturated rings. The Kier molecular flexibility index (Phi) is 3.79. The summed E-state index contributed by atoms with van der Waals surface area (Å²) in [5.41, 5.74) is 8.00. The molecule has 0 atom stereocenters. The van der Waals surface area contributed by atoms with E-state index in [4.69, 9.17) is 0 Å². The minimum Gasteiger partial charge on any atom is -0.371 e. The van der Waals surface area contributed by atoms with E-state index in [1.807, 2.05) is 0 Å². The number of anilines is 1. The summed E-state index contributed by atoms with van der Waals surface area (Å²) in [6, 6.07) is 2.52. The van der Waals surface area contributed by atoms with E-state index in [0.717, 1.165) is 13.1 Å². The summed E-state index contributed by atoms with van der Waals surface area (Å²) in [6.45, 7) is 9.39. The van der Waals surface area contributed by atoms with Crippen molar-refractivity contribution in [2.24, 2.45) is 0 Å². The van der Waals surface area contributed by atoms with E-state index in [0.29, 0.717) is 0 Å². The summed E-state index contributed by atoms with van der Waals surface area (Å²) in [7, 11) is 0. The maximum atomic E-state index is 3.53. The zero-order valence-corrected chi connectivity index (χ0v) is 12.4. The molecule has 2 aliphatic heterocycles. The van der Waals surface area contributed by atoms with Gasteiger partial charge < -0.3 is 10.2 Å². The number of nitrogens with one attached hydrogen (secondary N) is 1. The van der Waals surface area contributed by atoms with Crippen LogP contribution in [-0.2, 0) is 19.3 Å². The summed E-state index contributed by atoms with van der Waals surface area (Å²) in [5.74, 6) is 0. The number of rotatable bonds is 2. The zero-order valence-electron chi connectivity index (χ0n) is 12.4. The highest BCUT2D eigenvalue weighted by atomic mass is 15.1. The first kappa shape index (κ1) is 13.0. The van der Waals surface area contributed by atoms with Crippen molar-refractivity contribution < 1.29 is 0 Å². The summed E-state index contributed by atoms with van der Waals surface area (Å²) in [5, 5.41) is 3.53. The van der Waals surface area contributed by atoms with Crippen molar-refractivity contribution in [3.63, 3.8) is 0 Å². The zero-order chi connectivity index (χ0) is 13.2. The lowest BCUT2D eigenvalue weighted by Gasteiger charge is -2.34. The average molecular weight is 258 g/mol. The van der Waals surface area contributed by atoms with E-state index >= 15 is 0 Å². The summed E-state index contributed by atoms with van der Waals surface area (Å²) in [6.07, 6.45) is 6.25. The predicted octanol–water partition coefficient (Wildman–Crippen LogP) is 2.85. The fourth-order valence-corrected chi connectivity index (χ4v) is 3.82. The molecule has 1 N–H and O–H groups in total. The Morgan fingerprint density at radius 3 is 2.84 bits per heavy atom. The normalized spacial score (nSPS) is 18.7. The lowest BCUT2D eigenvalue weighted by Crippen LogP contribution is -2.31. The van der Waals surface area contributed by atoms with Crippen LogP contribution in [0.1, 0.15) is 42.0 Å². The van der Waals surface area contributed by atoms with E-state index in [1.54, 1.807) is 27.9 Å². The molecule has 0 saturated heterocycles. The Balaban J connectivity index is 2.07. The first-order valence-electron chi connectivity index (χ1n) is 7.91. The third-order valence-electron chi connectivity index (χ3n) is 4.65. The minimum atomic E-state index is 1.14. The van der Waals surface area contributed by atoms with Crippen LogP contribution in [0, 0.1) is 6.92 Å². The van der Waals surface area contributed by atoms with Crippen molar-refractivity contribution >= 4 is 5.69 Å². The molecule has 2 heteroatoms. The van der Waals surface area contributed by atoms with Crippen LogP contribution in [0.5, 0.6) is 0 Å². The SMILES string of the molecule is CCCN1CCCc2cc3c(c(C)c21)CCNCC3. The molecule has 0 saturated carbocycles. The summed E-state index contributed by atoms with van der Waals surface area (Å²) >= 11 is 0. The highest BCUT2D eigenvalue weighted by Crippen LogP contribution is 2.35. The second-order valence-corrected chi connectivity index (χ2v) is 5.99. The molecule has 104 valence electrons. The molecular weight excluding hydrogens is 232 g/mol. The molecule has 0 spiro atoms. The summed E-state index contributed by atoms with van der Waals surface area (Å²) in [4.78, 5) is 2.63. The van der Waals surface area contributed by atoms with Gasteiger partial charge in [0.1, 0.15) is 0 Å². The Hall–Kier alpha value is -1.02.